The zero-order valence-electron chi connectivity index (χ0n) is 11.4. The van der Waals surface area contributed by atoms with E-state index in [1.807, 2.05) is 0 Å². The van der Waals surface area contributed by atoms with Crippen LogP contribution in [-0.2, 0) is 11.2 Å². The highest BCUT2D eigenvalue weighted by Gasteiger charge is 2.27. The fourth-order valence-electron chi connectivity index (χ4n) is 2.76. The molecular formula is C15H24N2O. The molecule has 1 unspecified atom stereocenters. The molecule has 1 aromatic carbocycles. The van der Waals surface area contributed by atoms with E-state index in [4.69, 9.17) is 10.5 Å². The number of nitrogens with zero attached hydrogens (tertiary/aromatic N) is 1. The summed E-state index contributed by atoms with van der Waals surface area (Å²) in [6, 6.07) is 11.0. The van der Waals surface area contributed by atoms with Crippen molar-refractivity contribution in [2.45, 2.75) is 38.5 Å². The van der Waals surface area contributed by atoms with Crippen molar-refractivity contribution in [3.8, 4) is 0 Å². The van der Waals surface area contributed by atoms with E-state index in [0.29, 0.717) is 24.8 Å². The van der Waals surface area contributed by atoms with Crippen molar-refractivity contribution in [2.24, 2.45) is 5.73 Å². The smallest absolute Gasteiger partial charge is 0.0678 e. The van der Waals surface area contributed by atoms with Crippen molar-refractivity contribution in [2.75, 3.05) is 19.6 Å². The molecule has 1 aliphatic rings. The fraction of sp³-hybridized carbons (Fsp3) is 0.600. The predicted molar refractivity (Wildman–Crippen MR) is 74.6 cm³/mol. The molecule has 0 aromatic heterocycles. The van der Waals surface area contributed by atoms with Gasteiger partial charge in [-0.1, -0.05) is 30.3 Å². The van der Waals surface area contributed by atoms with Gasteiger partial charge in [-0.05, 0) is 25.8 Å². The Kier molecular flexibility index (Phi) is 4.75. The first-order chi connectivity index (χ1) is 8.69. The molecule has 2 rings (SSSR count). The number of hydrogen-bond donors (Lipinski definition) is 1. The first-order valence-corrected chi connectivity index (χ1v) is 6.82. The lowest BCUT2D eigenvalue weighted by atomic mass is 10.0. The Labute approximate surface area is 110 Å². The molecule has 0 bridgehead atoms. The Bertz CT molecular complexity index is 345. The van der Waals surface area contributed by atoms with Crippen LogP contribution >= 0.6 is 0 Å². The van der Waals surface area contributed by atoms with Crippen molar-refractivity contribution >= 4 is 0 Å². The number of benzene rings is 1. The van der Waals surface area contributed by atoms with Gasteiger partial charge in [0, 0.05) is 25.7 Å². The van der Waals surface area contributed by atoms with Gasteiger partial charge >= 0.3 is 0 Å². The normalized spacial score (nSPS) is 27.1. The lowest BCUT2D eigenvalue weighted by molar-refractivity contribution is -0.0792. The van der Waals surface area contributed by atoms with E-state index in [2.05, 4.69) is 49.1 Å². The van der Waals surface area contributed by atoms with Crippen LogP contribution < -0.4 is 5.73 Å². The summed E-state index contributed by atoms with van der Waals surface area (Å²) in [5.74, 6) is 0. The van der Waals surface area contributed by atoms with Gasteiger partial charge < -0.3 is 10.5 Å². The average molecular weight is 248 g/mol. The molecule has 18 heavy (non-hydrogen) atoms. The van der Waals surface area contributed by atoms with E-state index < -0.39 is 0 Å². The molecule has 1 aliphatic heterocycles. The first kappa shape index (κ1) is 13.5. The molecule has 0 amide bonds. The lowest BCUT2D eigenvalue weighted by Gasteiger charge is -2.40. The Morgan fingerprint density at radius 2 is 1.83 bits per heavy atom. The third-order valence-corrected chi connectivity index (χ3v) is 3.55. The molecule has 0 radical (unpaired) electrons. The molecule has 2 N–H and O–H groups in total. The quantitative estimate of drug-likeness (QED) is 0.881. The summed E-state index contributed by atoms with van der Waals surface area (Å²) in [4.78, 5) is 2.48. The maximum atomic E-state index is 5.96. The monoisotopic (exact) mass is 248 g/mol. The maximum Gasteiger partial charge on any atom is 0.0678 e. The van der Waals surface area contributed by atoms with Crippen LogP contribution in [0.1, 0.15) is 19.4 Å². The van der Waals surface area contributed by atoms with Gasteiger partial charge in [-0.15, -0.1) is 0 Å². The molecule has 0 aliphatic carbocycles. The Morgan fingerprint density at radius 1 is 1.22 bits per heavy atom. The molecule has 3 heteroatoms. The van der Waals surface area contributed by atoms with E-state index in [1.165, 1.54) is 5.56 Å². The molecule has 0 spiro atoms. The summed E-state index contributed by atoms with van der Waals surface area (Å²) in [7, 11) is 0. The summed E-state index contributed by atoms with van der Waals surface area (Å²) >= 11 is 0. The van der Waals surface area contributed by atoms with Crippen LogP contribution in [-0.4, -0.2) is 42.8 Å². The van der Waals surface area contributed by atoms with Gasteiger partial charge in [0.2, 0.25) is 0 Å². The van der Waals surface area contributed by atoms with Gasteiger partial charge in [-0.3, -0.25) is 4.90 Å². The number of ether oxygens (including phenoxy) is 1. The van der Waals surface area contributed by atoms with Gasteiger partial charge in [-0.25, -0.2) is 0 Å². The van der Waals surface area contributed by atoms with Crippen LogP contribution in [0.3, 0.4) is 0 Å². The van der Waals surface area contributed by atoms with Crippen LogP contribution in [0.25, 0.3) is 0 Å². The second kappa shape index (κ2) is 6.32. The van der Waals surface area contributed by atoms with Crippen molar-refractivity contribution in [3.63, 3.8) is 0 Å². The summed E-state index contributed by atoms with van der Waals surface area (Å²) in [6.45, 7) is 6.95. The summed E-state index contributed by atoms with van der Waals surface area (Å²) < 4.78 is 5.78. The van der Waals surface area contributed by atoms with E-state index in [-0.39, 0.29) is 0 Å². The van der Waals surface area contributed by atoms with Gasteiger partial charge in [0.25, 0.3) is 0 Å². The molecule has 100 valence electrons. The Hall–Kier alpha value is -0.900. The molecule has 3 nitrogen and oxygen atoms in total. The van der Waals surface area contributed by atoms with E-state index in [1.54, 1.807) is 0 Å². The first-order valence-electron chi connectivity index (χ1n) is 6.82. The number of morpholine rings is 1. The second-order valence-electron chi connectivity index (χ2n) is 5.29. The zero-order valence-corrected chi connectivity index (χ0v) is 11.4. The third-order valence-electron chi connectivity index (χ3n) is 3.55. The van der Waals surface area contributed by atoms with Crippen molar-refractivity contribution in [3.05, 3.63) is 35.9 Å². The Balaban J connectivity index is 2.00. The molecule has 1 fully saturated rings. The van der Waals surface area contributed by atoms with E-state index in [0.717, 1.165) is 19.5 Å². The predicted octanol–water partition coefficient (Wildman–Crippen LogP) is 1.67. The van der Waals surface area contributed by atoms with Crippen molar-refractivity contribution in [1.29, 1.82) is 0 Å². The highest BCUT2D eigenvalue weighted by atomic mass is 16.5. The summed E-state index contributed by atoms with van der Waals surface area (Å²) in [5.41, 5.74) is 7.32. The number of hydrogen-bond acceptors (Lipinski definition) is 3. The summed E-state index contributed by atoms with van der Waals surface area (Å²) in [6.07, 6.45) is 1.63. The zero-order chi connectivity index (χ0) is 13.0. The topological polar surface area (TPSA) is 38.5 Å². The van der Waals surface area contributed by atoms with Gasteiger partial charge in [0.15, 0.2) is 0 Å². The minimum absolute atomic E-state index is 0.304. The number of rotatable bonds is 4. The SMILES string of the molecule is C[C@@H]1CN(C(CN)Cc2ccccc2)C[C@H](C)O1. The number of nitrogens with two attached hydrogens (primary N) is 1. The summed E-state index contributed by atoms with van der Waals surface area (Å²) in [5, 5.41) is 0. The van der Waals surface area contributed by atoms with Crippen LogP contribution in [0.5, 0.6) is 0 Å². The second-order valence-corrected chi connectivity index (χ2v) is 5.29. The van der Waals surface area contributed by atoms with Crippen LogP contribution in [0.4, 0.5) is 0 Å². The Morgan fingerprint density at radius 3 is 2.39 bits per heavy atom. The van der Waals surface area contributed by atoms with Crippen molar-refractivity contribution < 1.29 is 4.74 Å². The molecule has 0 saturated carbocycles. The van der Waals surface area contributed by atoms with Gasteiger partial charge in [0.05, 0.1) is 12.2 Å². The van der Waals surface area contributed by atoms with Gasteiger partial charge in [-0.2, -0.15) is 0 Å². The van der Waals surface area contributed by atoms with Crippen LogP contribution in [0.2, 0.25) is 0 Å². The largest absolute Gasteiger partial charge is 0.373 e. The standard InChI is InChI=1S/C15H24N2O/c1-12-10-17(11-13(2)18-12)15(9-16)8-14-6-4-3-5-7-14/h3-7,12-13,15H,8-11,16H2,1-2H3/t12-,13+,15?. The third kappa shape index (κ3) is 3.55. The van der Waals surface area contributed by atoms with E-state index >= 15 is 0 Å². The maximum absolute atomic E-state index is 5.96. The molecular weight excluding hydrogens is 224 g/mol. The molecule has 1 aromatic rings. The highest BCUT2D eigenvalue weighted by Crippen LogP contribution is 2.16. The molecule has 3 atom stereocenters. The molecule has 1 saturated heterocycles. The van der Waals surface area contributed by atoms with Crippen LogP contribution in [0, 0.1) is 0 Å². The minimum Gasteiger partial charge on any atom is -0.373 e. The lowest BCUT2D eigenvalue weighted by Crippen LogP contribution is -2.53. The average Bonchev–Trinajstić information content (AvgIpc) is 2.36. The highest BCUT2D eigenvalue weighted by molar-refractivity contribution is 5.16. The molecule has 1 heterocycles. The van der Waals surface area contributed by atoms with Gasteiger partial charge in [0.1, 0.15) is 0 Å². The minimum atomic E-state index is 0.304. The fourth-order valence-corrected chi connectivity index (χ4v) is 2.76. The van der Waals surface area contributed by atoms with Crippen molar-refractivity contribution in [1.82, 2.24) is 4.90 Å². The van der Waals surface area contributed by atoms with E-state index in [9.17, 15) is 0 Å². The van der Waals surface area contributed by atoms with Crippen LogP contribution in [0.15, 0.2) is 30.3 Å².